The molecule has 4 atom stereocenters. The quantitative estimate of drug-likeness (QED) is 0.0903. The van der Waals surface area contributed by atoms with E-state index in [-0.39, 0.29) is 24.0 Å². The van der Waals surface area contributed by atoms with E-state index >= 15 is 0 Å². The van der Waals surface area contributed by atoms with Gasteiger partial charge in [0.1, 0.15) is 5.75 Å². The topological polar surface area (TPSA) is 46.2 Å². The van der Waals surface area contributed by atoms with E-state index in [2.05, 4.69) is 91.8 Å². The zero-order chi connectivity index (χ0) is 31.7. The first kappa shape index (κ1) is 37.7. The fourth-order valence-electron chi connectivity index (χ4n) is 6.14. The van der Waals surface area contributed by atoms with Gasteiger partial charge in [0.05, 0.1) is 39.1 Å². The van der Waals surface area contributed by atoms with Crippen molar-refractivity contribution in [1.82, 2.24) is 0 Å². The van der Waals surface area contributed by atoms with E-state index in [0.29, 0.717) is 26.4 Å². The van der Waals surface area contributed by atoms with Gasteiger partial charge in [-0.1, -0.05) is 97.9 Å². The maximum absolute atomic E-state index is 7.35. The van der Waals surface area contributed by atoms with Gasteiger partial charge in [0.2, 0.25) is 0 Å². The number of hydrogen-bond donors (Lipinski definition) is 0. The van der Waals surface area contributed by atoms with E-state index in [1.54, 1.807) is 7.11 Å². The molecular formula is C36H62O5Si2. The Morgan fingerprint density at radius 1 is 0.628 bits per heavy atom. The Hall–Kier alpha value is -1.49. The lowest BCUT2D eigenvalue weighted by atomic mass is 9.88. The second-order valence-corrected chi connectivity index (χ2v) is 21.7. The van der Waals surface area contributed by atoms with Gasteiger partial charge in [0.25, 0.3) is 0 Å². The Balaban J connectivity index is 2.26. The van der Waals surface area contributed by atoms with E-state index in [1.807, 2.05) is 18.2 Å². The molecule has 0 aromatic heterocycles. The SMILES string of the molecule is CC[Si](CC)(CC)O[C@@H]([C@@H](C)[C@H](CCOCc1ccccc1)O[Si](CC)(CC)CC)[C@@H](C)COCc1ccc(OC)cc1. The molecule has 244 valence electrons. The lowest BCUT2D eigenvalue weighted by Crippen LogP contribution is -2.50. The fourth-order valence-corrected chi connectivity index (χ4v) is 12.1. The summed E-state index contributed by atoms with van der Waals surface area (Å²) in [4.78, 5) is 0. The molecule has 0 amide bonds. The van der Waals surface area contributed by atoms with Gasteiger partial charge < -0.3 is 23.1 Å². The van der Waals surface area contributed by atoms with E-state index in [4.69, 9.17) is 23.1 Å². The molecule has 0 spiro atoms. The third-order valence-electron chi connectivity index (χ3n) is 9.79. The first-order valence-electron chi connectivity index (χ1n) is 16.9. The number of methoxy groups -OCH3 is 1. The molecule has 7 heteroatoms. The lowest BCUT2D eigenvalue weighted by molar-refractivity contribution is -0.0319. The highest BCUT2D eigenvalue weighted by atomic mass is 28.4. The molecule has 0 unspecified atom stereocenters. The van der Waals surface area contributed by atoms with Gasteiger partial charge in [-0.2, -0.15) is 0 Å². The Kier molecular flexibility index (Phi) is 17.4. The third-order valence-corrected chi connectivity index (χ3v) is 19.1. The molecule has 43 heavy (non-hydrogen) atoms. The second-order valence-electron chi connectivity index (χ2n) is 12.3. The maximum Gasteiger partial charge on any atom is 0.192 e. The van der Waals surface area contributed by atoms with Crippen molar-refractivity contribution in [3.05, 3.63) is 65.7 Å². The molecule has 0 N–H and O–H groups in total. The van der Waals surface area contributed by atoms with Crippen LogP contribution >= 0.6 is 0 Å². The number of rotatable bonds is 23. The van der Waals surface area contributed by atoms with E-state index in [1.165, 1.54) is 5.56 Å². The van der Waals surface area contributed by atoms with Crippen LogP contribution in [-0.2, 0) is 31.5 Å². The summed E-state index contributed by atoms with van der Waals surface area (Å²) >= 11 is 0. The predicted molar refractivity (Wildman–Crippen MR) is 186 cm³/mol. The molecular weight excluding hydrogens is 569 g/mol. The molecule has 0 heterocycles. The Bertz CT molecular complexity index is 962. The zero-order valence-corrected chi connectivity index (χ0v) is 30.8. The van der Waals surface area contributed by atoms with Crippen LogP contribution in [-0.4, -0.2) is 49.2 Å². The van der Waals surface area contributed by atoms with Crippen LogP contribution < -0.4 is 4.74 Å². The van der Waals surface area contributed by atoms with Crippen LogP contribution in [0.25, 0.3) is 0 Å². The summed E-state index contributed by atoms with van der Waals surface area (Å²) in [5, 5.41) is 0. The van der Waals surface area contributed by atoms with Crippen molar-refractivity contribution in [1.29, 1.82) is 0 Å². The van der Waals surface area contributed by atoms with Crippen molar-refractivity contribution >= 4 is 16.6 Å². The van der Waals surface area contributed by atoms with E-state index in [0.717, 1.165) is 54.0 Å². The van der Waals surface area contributed by atoms with Gasteiger partial charge in [-0.25, -0.2) is 0 Å². The minimum atomic E-state index is -1.88. The first-order chi connectivity index (χ1) is 20.7. The molecule has 0 bridgehead atoms. The van der Waals surface area contributed by atoms with Gasteiger partial charge in [-0.05, 0) is 65.9 Å². The molecule has 2 rings (SSSR count). The van der Waals surface area contributed by atoms with Crippen molar-refractivity contribution in [3.63, 3.8) is 0 Å². The van der Waals surface area contributed by atoms with Crippen LogP contribution in [0.4, 0.5) is 0 Å². The van der Waals surface area contributed by atoms with Crippen LogP contribution in [0.5, 0.6) is 5.75 Å². The minimum Gasteiger partial charge on any atom is -0.497 e. The third kappa shape index (κ3) is 11.8. The van der Waals surface area contributed by atoms with E-state index in [9.17, 15) is 0 Å². The summed E-state index contributed by atoms with van der Waals surface area (Å²) < 4.78 is 32.5. The molecule has 0 radical (unpaired) electrons. The first-order valence-corrected chi connectivity index (χ1v) is 22.0. The molecule has 2 aromatic carbocycles. The fraction of sp³-hybridized carbons (Fsp3) is 0.667. The van der Waals surface area contributed by atoms with Crippen LogP contribution in [0.3, 0.4) is 0 Å². The smallest absolute Gasteiger partial charge is 0.192 e. The zero-order valence-electron chi connectivity index (χ0n) is 28.8. The average molecular weight is 631 g/mol. The molecule has 0 saturated heterocycles. The van der Waals surface area contributed by atoms with Gasteiger partial charge in [0.15, 0.2) is 16.6 Å². The van der Waals surface area contributed by atoms with Crippen LogP contribution in [0.1, 0.15) is 72.9 Å². The van der Waals surface area contributed by atoms with Gasteiger partial charge in [-0.15, -0.1) is 0 Å². The molecule has 2 aromatic rings. The summed E-state index contributed by atoms with van der Waals surface area (Å²) in [5.74, 6) is 1.33. The number of hydrogen-bond acceptors (Lipinski definition) is 5. The van der Waals surface area contributed by atoms with Crippen molar-refractivity contribution in [2.45, 2.75) is 123 Å². The van der Waals surface area contributed by atoms with Gasteiger partial charge >= 0.3 is 0 Å². The Morgan fingerprint density at radius 3 is 1.67 bits per heavy atom. The van der Waals surface area contributed by atoms with Crippen LogP contribution in [0.15, 0.2) is 54.6 Å². The molecule has 0 aliphatic carbocycles. The van der Waals surface area contributed by atoms with Gasteiger partial charge in [0, 0.05) is 18.4 Å². The summed E-state index contributed by atoms with van der Waals surface area (Å²) in [5.41, 5.74) is 2.36. The summed E-state index contributed by atoms with van der Waals surface area (Å²) in [6.07, 6.45) is 1.04. The summed E-state index contributed by atoms with van der Waals surface area (Å²) in [6, 6.07) is 25.4. The second kappa shape index (κ2) is 19.8. The summed E-state index contributed by atoms with van der Waals surface area (Å²) in [7, 11) is -2.03. The van der Waals surface area contributed by atoms with Crippen molar-refractivity contribution in [2.75, 3.05) is 20.3 Å². The highest BCUT2D eigenvalue weighted by Crippen LogP contribution is 2.35. The van der Waals surface area contributed by atoms with Crippen molar-refractivity contribution in [3.8, 4) is 5.75 Å². The van der Waals surface area contributed by atoms with Crippen molar-refractivity contribution in [2.24, 2.45) is 11.8 Å². The highest BCUT2D eigenvalue weighted by Gasteiger charge is 2.41. The van der Waals surface area contributed by atoms with Crippen LogP contribution in [0, 0.1) is 11.8 Å². The Morgan fingerprint density at radius 2 is 1.14 bits per heavy atom. The molecule has 0 saturated carbocycles. The standard InChI is InChI=1S/C36H62O5Si2/c1-10-42(11-2,12-3)40-35(25-26-38-28-32-19-17-16-18-20-32)31(8)36(41-43(13-4,14-5)15-6)30(7)27-39-29-33-21-23-34(37-9)24-22-33/h16-24,30-31,35-36H,10-15,25-29H2,1-9H3/t30-,31-,35-,36+/m0/s1. The maximum atomic E-state index is 7.35. The predicted octanol–water partition coefficient (Wildman–Crippen LogP) is 9.87. The van der Waals surface area contributed by atoms with Crippen molar-refractivity contribution < 1.29 is 23.1 Å². The van der Waals surface area contributed by atoms with Gasteiger partial charge in [-0.3, -0.25) is 0 Å². The van der Waals surface area contributed by atoms with E-state index < -0.39 is 16.6 Å². The lowest BCUT2D eigenvalue weighted by Gasteiger charge is -2.43. The average Bonchev–Trinajstić information content (AvgIpc) is 3.06. The molecule has 0 fully saturated rings. The summed E-state index contributed by atoms with van der Waals surface area (Å²) in [6.45, 7) is 21.1. The minimum absolute atomic E-state index is 0.0683. The highest BCUT2D eigenvalue weighted by molar-refractivity contribution is 6.74. The molecule has 0 aliphatic rings. The molecule has 5 nitrogen and oxygen atoms in total. The monoisotopic (exact) mass is 630 g/mol. The number of ether oxygens (including phenoxy) is 3. The van der Waals surface area contributed by atoms with Crippen LogP contribution in [0.2, 0.25) is 36.3 Å². The normalized spacial score (nSPS) is 15.2. The number of benzene rings is 2. The Labute approximate surface area is 266 Å². The molecule has 0 aliphatic heterocycles. The largest absolute Gasteiger partial charge is 0.497 e.